The molecule has 1 aromatic rings. The fourth-order valence-corrected chi connectivity index (χ4v) is 1.01. The molecule has 1 rings (SSSR count). The summed E-state index contributed by atoms with van der Waals surface area (Å²) < 4.78 is 0.953. The van der Waals surface area contributed by atoms with E-state index in [-0.39, 0.29) is 19.0 Å². The molecule has 0 spiro atoms. The molecule has 0 aromatic carbocycles. The van der Waals surface area contributed by atoms with E-state index in [9.17, 15) is 0 Å². The molecule has 10 heavy (non-hydrogen) atoms. The molecule has 0 saturated heterocycles. The molecule has 4 heteroatoms. The maximum Gasteiger partial charge on any atom is 0.181 e. The van der Waals surface area contributed by atoms with Crippen molar-refractivity contribution in [1.82, 2.24) is 0 Å². The Morgan fingerprint density at radius 1 is 1.50 bits per heavy atom. The van der Waals surface area contributed by atoms with Crippen LogP contribution in [0.2, 0.25) is 0 Å². The summed E-state index contributed by atoms with van der Waals surface area (Å²) in [6.45, 7) is 0.0793. The van der Waals surface area contributed by atoms with Gasteiger partial charge in [0.1, 0.15) is 0 Å². The minimum atomic E-state index is 0. The third-order valence-electron chi connectivity index (χ3n) is 0.996. The molecule has 56 valence electrons. The standard InChI is InChI=1S/C6H6BrNO.ClH/c7-6-1-5(4-9)2-8-3-6;/h1-3,9H,4H2;1H. The van der Waals surface area contributed by atoms with E-state index in [4.69, 9.17) is 5.11 Å². The van der Waals surface area contributed by atoms with Gasteiger partial charge in [-0.2, -0.15) is 0 Å². The van der Waals surface area contributed by atoms with Crippen LogP contribution >= 0.6 is 15.9 Å². The SMILES string of the molecule is OCc1c[nH+]cc(Br)c1.[Cl-]. The Kier molecular flexibility index (Phi) is 4.60. The maximum absolute atomic E-state index is 8.62. The van der Waals surface area contributed by atoms with Crippen LogP contribution in [-0.4, -0.2) is 5.11 Å². The zero-order valence-electron chi connectivity index (χ0n) is 5.14. The normalized spacial score (nSPS) is 8.60. The monoisotopic (exact) mass is 223 g/mol. The Hall–Kier alpha value is -0.120. The average Bonchev–Trinajstić information content (AvgIpc) is 1.88. The van der Waals surface area contributed by atoms with Gasteiger partial charge in [0.15, 0.2) is 12.4 Å². The van der Waals surface area contributed by atoms with Crippen LogP contribution in [0.15, 0.2) is 22.9 Å². The van der Waals surface area contributed by atoms with Gasteiger partial charge in [0, 0.05) is 5.56 Å². The van der Waals surface area contributed by atoms with E-state index in [1.165, 1.54) is 0 Å². The molecular formula is C6H7BrClNO. The first-order chi connectivity index (χ1) is 4.33. The number of aliphatic hydroxyl groups is 1. The minimum Gasteiger partial charge on any atom is -1.00 e. The van der Waals surface area contributed by atoms with Crippen LogP contribution in [0.4, 0.5) is 0 Å². The number of nitrogens with one attached hydrogen (secondary N) is 1. The van der Waals surface area contributed by atoms with E-state index in [0.717, 1.165) is 10.0 Å². The van der Waals surface area contributed by atoms with E-state index < -0.39 is 0 Å². The van der Waals surface area contributed by atoms with Gasteiger partial charge >= 0.3 is 0 Å². The number of aliphatic hydroxyl groups excluding tert-OH is 1. The van der Waals surface area contributed by atoms with Crippen molar-refractivity contribution in [2.75, 3.05) is 0 Å². The number of pyridine rings is 1. The molecule has 0 saturated carbocycles. The van der Waals surface area contributed by atoms with Gasteiger partial charge < -0.3 is 17.5 Å². The average molecular weight is 224 g/mol. The number of aromatic nitrogens is 1. The highest BCUT2D eigenvalue weighted by Crippen LogP contribution is 2.06. The molecule has 0 amide bonds. The topological polar surface area (TPSA) is 34.4 Å². The third-order valence-corrected chi connectivity index (χ3v) is 1.45. The molecule has 2 N–H and O–H groups in total. The van der Waals surface area contributed by atoms with Crippen LogP contribution in [0.5, 0.6) is 0 Å². The number of hydrogen-bond acceptors (Lipinski definition) is 1. The summed E-state index contributed by atoms with van der Waals surface area (Å²) in [5.41, 5.74) is 0.879. The number of aromatic amines is 1. The van der Waals surface area contributed by atoms with Crippen LogP contribution in [-0.2, 0) is 6.61 Å². The quantitative estimate of drug-likeness (QED) is 0.575. The van der Waals surface area contributed by atoms with Crippen molar-refractivity contribution >= 4 is 15.9 Å². The molecule has 0 atom stereocenters. The number of hydrogen-bond donors (Lipinski definition) is 1. The van der Waals surface area contributed by atoms with E-state index in [2.05, 4.69) is 20.9 Å². The van der Waals surface area contributed by atoms with Crippen molar-refractivity contribution in [3.8, 4) is 0 Å². The second-order valence-electron chi connectivity index (χ2n) is 1.72. The first kappa shape index (κ1) is 9.88. The first-order valence-corrected chi connectivity index (χ1v) is 3.38. The lowest BCUT2D eigenvalue weighted by Crippen LogP contribution is -3.00. The highest BCUT2D eigenvalue weighted by molar-refractivity contribution is 9.10. The van der Waals surface area contributed by atoms with Crippen molar-refractivity contribution in [3.05, 3.63) is 28.5 Å². The molecule has 2 nitrogen and oxygen atoms in total. The molecule has 0 radical (unpaired) electrons. The first-order valence-electron chi connectivity index (χ1n) is 2.59. The molecule has 0 unspecified atom stereocenters. The largest absolute Gasteiger partial charge is 1.00 e. The van der Waals surface area contributed by atoms with Crippen molar-refractivity contribution in [2.24, 2.45) is 0 Å². The Morgan fingerprint density at radius 3 is 2.60 bits per heavy atom. The highest BCUT2D eigenvalue weighted by atomic mass is 79.9. The summed E-state index contributed by atoms with van der Waals surface area (Å²) in [6.07, 6.45) is 3.56. The number of H-pyrrole nitrogens is 1. The van der Waals surface area contributed by atoms with Gasteiger partial charge in [-0.3, -0.25) is 0 Å². The molecule has 0 aliphatic carbocycles. The molecule has 0 aliphatic heterocycles. The fourth-order valence-electron chi connectivity index (χ4n) is 0.580. The Morgan fingerprint density at radius 2 is 2.20 bits per heavy atom. The van der Waals surface area contributed by atoms with Gasteiger partial charge in [-0.1, -0.05) is 0 Å². The minimum absolute atomic E-state index is 0. The molecule has 0 bridgehead atoms. The van der Waals surface area contributed by atoms with Crippen LogP contribution in [0.3, 0.4) is 0 Å². The van der Waals surface area contributed by atoms with Crippen LogP contribution < -0.4 is 17.4 Å². The molecule has 0 aliphatic rings. The van der Waals surface area contributed by atoms with Gasteiger partial charge in [-0.15, -0.1) is 0 Å². The fraction of sp³-hybridized carbons (Fsp3) is 0.167. The highest BCUT2D eigenvalue weighted by Gasteiger charge is 1.94. The summed E-state index contributed by atoms with van der Waals surface area (Å²) in [6, 6.07) is 1.86. The third kappa shape index (κ3) is 2.64. The van der Waals surface area contributed by atoms with Crippen molar-refractivity contribution < 1.29 is 22.5 Å². The van der Waals surface area contributed by atoms with Gasteiger partial charge in [0.25, 0.3) is 0 Å². The van der Waals surface area contributed by atoms with Crippen molar-refractivity contribution in [2.45, 2.75) is 6.61 Å². The van der Waals surface area contributed by atoms with Crippen LogP contribution in [0.1, 0.15) is 5.56 Å². The maximum atomic E-state index is 8.62. The summed E-state index contributed by atoms with van der Waals surface area (Å²) in [5, 5.41) is 8.62. The van der Waals surface area contributed by atoms with E-state index in [1.54, 1.807) is 12.4 Å². The Bertz CT molecular complexity index is 207. The molecule has 1 aromatic heterocycles. The van der Waals surface area contributed by atoms with Crippen molar-refractivity contribution in [1.29, 1.82) is 0 Å². The smallest absolute Gasteiger partial charge is 0.181 e. The summed E-state index contributed by atoms with van der Waals surface area (Å²) in [5.74, 6) is 0. The van der Waals surface area contributed by atoms with Crippen LogP contribution in [0.25, 0.3) is 0 Å². The predicted molar refractivity (Wildman–Crippen MR) is 36.6 cm³/mol. The van der Waals surface area contributed by atoms with Gasteiger partial charge in [0.05, 0.1) is 11.1 Å². The van der Waals surface area contributed by atoms with Gasteiger partial charge in [-0.25, -0.2) is 4.98 Å². The number of rotatable bonds is 1. The second-order valence-corrected chi connectivity index (χ2v) is 2.63. The molecular weight excluding hydrogens is 217 g/mol. The van der Waals surface area contributed by atoms with E-state index in [0.29, 0.717) is 0 Å². The second kappa shape index (κ2) is 4.66. The van der Waals surface area contributed by atoms with Crippen LogP contribution in [0, 0.1) is 0 Å². The molecule has 1 heterocycles. The van der Waals surface area contributed by atoms with Crippen molar-refractivity contribution in [3.63, 3.8) is 0 Å². The lowest BCUT2D eigenvalue weighted by molar-refractivity contribution is -0.379. The van der Waals surface area contributed by atoms with Gasteiger partial charge in [-0.05, 0) is 22.0 Å². The molecule has 0 fully saturated rings. The Balaban J connectivity index is 0.000000810. The summed E-state index contributed by atoms with van der Waals surface area (Å²) in [4.78, 5) is 2.87. The number of halogens is 2. The van der Waals surface area contributed by atoms with E-state index in [1.807, 2.05) is 6.07 Å². The lowest BCUT2D eigenvalue weighted by atomic mass is 10.3. The summed E-state index contributed by atoms with van der Waals surface area (Å²) >= 11 is 3.26. The van der Waals surface area contributed by atoms with Gasteiger partial charge in [0.2, 0.25) is 0 Å². The lowest BCUT2D eigenvalue weighted by Gasteiger charge is -1.88. The zero-order valence-corrected chi connectivity index (χ0v) is 7.48. The van der Waals surface area contributed by atoms with E-state index >= 15 is 0 Å². The predicted octanol–water partition coefficient (Wildman–Crippen LogP) is -2.24. The Labute approximate surface area is 73.8 Å². The summed E-state index contributed by atoms with van der Waals surface area (Å²) in [7, 11) is 0. The zero-order chi connectivity index (χ0) is 6.69.